The fourth-order valence-corrected chi connectivity index (χ4v) is 1.70. The van der Waals surface area contributed by atoms with Gasteiger partial charge in [0.05, 0.1) is 25.4 Å². The molecular weight excluding hydrogens is 235 g/mol. The van der Waals surface area contributed by atoms with E-state index in [1.165, 1.54) is 12.1 Å². The zero-order valence-electron chi connectivity index (χ0n) is 9.99. The minimum absolute atomic E-state index is 0.00499. The van der Waals surface area contributed by atoms with E-state index in [9.17, 15) is 4.39 Å². The number of rotatable bonds is 3. The Balaban J connectivity index is 2.15. The first-order valence-corrected chi connectivity index (χ1v) is 5.93. The van der Waals surface area contributed by atoms with Crippen molar-refractivity contribution in [3.05, 3.63) is 29.6 Å². The van der Waals surface area contributed by atoms with E-state index >= 15 is 0 Å². The van der Waals surface area contributed by atoms with Gasteiger partial charge in [0, 0.05) is 12.8 Å². The van der Waals surface area contributed by atoms with E-state index in [1.54, 1.807) is 6.07 Å². The lowest BCUT2D eigenvalue weighted by Gasteiger charge is -2.13. The van der Waals surface area contributed by atoms with E-state index in [4.69, 9.17) is 14.6 Å². The molecule has 0 spiro atoms. The van der Waals surface area contributed by atoms with Crippen molar-refractivity contribution in [2.75, 3.05) is 19.8 Å². The van der Waals surface area contributed by atoms with E-state index in [0.29, 0.717) is 30.9 Å². The molecule has 1 aromatic carbocycles. The highest BCUT2D eigenvalue weighted by Gasteiger charge is 2.18. The molecule has 1 heterocycles. The van der Waals surface area contributed by atoms with Crippen molar-refractivity contribution in [3.63, 3.8) is 0 Å². The predicted octanol–water partition coefficient (Wildman–Crippen LogP) is 1.73. The van der Waals surface area contributed by atoms with Gasteiger partial charge in [-0.25, -0.2) is 4.39 Å². The first-order valence-electron chi connectivity index (χ1n) is 5.93. The van der Waals surface area contributed by atoms with Crippen LogP contribution in [-0.2, 0) is 4.74 Å². The molecule has 0 bridgehead atoms. The van der Waals surface area contributed by atoms with Crippen molar-refractivity contribution in [1.82, 2.24) is 0 Å². The van der Waals surface area contributed by atoms with Crippen LogP contribution in [0.4, 0.5) is 4.39 Å². The number of benzene rings is 1. The van der Waals surface area contributed by atoms with Crippen LogP contribution in [0.3, 0.4) is 0 Å². The lowest BCUT2D eigenvalue weighted by molar-refractivity contribution is 0.141. The highest BCUT2D eigenvalue weighted by molar-refractivity contribution is 5.46. The maximum Gasteiger partial charge on any atom is 0.135 e. The summed E-state index contributed by atoms with van der Waals surface area (Å²) in [4.78, 5) is 0. The maximum absolute atomic E-state index is 13.2. The Labute approximate surface area is 106 Å². The number of ether oxygens (including phenoxy) is 2. The molecule has 0 aliphatic carbocycles. The van der Waals surface area contributed by atoms with E-state index < -0.39 is 0 Å². The molecule has 1 aromatic rings. The van der Waals surface area contributed by atoms with Crippen molar-refractivity contribution >= 4 is 0 Å². The quantitative estimate of drug-likeness (QED) is 0.830. The molecule has 1 aliphatic heterocycles. The molecule has 0 amide bonds. The van der Waals surface area contributed by atoms with Gasteiger partial charge < -0.3 is 14.6 Å². The fraction of sp³-hybridized carbons (Fsp3) is 0.429. The van der Waals surface area contributed by atoms with E-state index in [2.05, 4.69) is 11.8 Å². The Morgan fingerprint density at radius 3 is 3.11 bits per heavy atom. The molecule has 18 heavy (non-hydrogen) atoms. The second kappa shape index (κ2) is 6.39. The molecule has 1 saturated heterocycles. The number of aliphatic hydroxyl groups is 1. The minimum Gasteiger partial charge on any atom is -0.487 e. The van der Waals surface area contributed by atoms with Gasteiger partial charge in [0.2, 0.25) is 0 Å². The van der Waals surface area contributed by atoms with Crippen LogP contribution in [0.1, 0.15) is 18.4 Å². The topological polar surface area (TPSA) is 38.7 Å². The second-order valence-electron chi connectivity index (χ2n) is 4.02. The summed E-state index contributed by atoms with van der Waals surface area (Å²) in [6, 6.07) is 4.27. The summed E-state index contributed by atoms with van der Waals surface area (Å²) in [6.07, 6.45) is 1.21. The Kier molecular flexibility index (Phi) is 4.57. The van der Waals surface area contributed by atoms with Gasteiger partial charge in [-0.1, -0.05) is 11.8 Å². The molecule has 0 aromatic heterocycles. The minimum atomic E-state index is -0.349. The lowest BCUT2D eigenvalue weighted by Crippen LogP contribution is -2.16. The molecule has 1 unspecified atom stereocenters. The van der Waals surface area contributed by atoms with Gasteiger partial charge in [0.15, 0.2) is 0 Å². The van der Waals surface area contributed by atoms with Gasteiger partial charge in [-0.2, -0.15) is 0 Å². The summed E-state index contributed by atoms with van der Waals surface area (Å²) in [5.41, 5.74) is 0.510. The first kappa shape index (κ1) is 12.9. The number of halogens is 1. The van der Waals surface area contributed by atoms with Gasteiger partial charge in [-0.15, -0.1) is 0 Å². The van der Waals surface area contributed by atoms with Crippen LogP contribution in [0.25, 0.3) is 0 Å². The highest BCUT2D eigenvalue weighted by atomic mass is 19.1. The monoisotopic (exact) mass is 250 g/mol. The number of hydrogen-bond donors (Lipinski definition) is 1. The molecule has 0 saturated carbocycles. The normalized spacial score (nSPS) is 18.2. The fourth-order valence-electron chi connectivity index (χ4n) is 1.70. The number of aliphatic hydroxyl groups excluding tert-OH is 1. The van der Waals surface area contributed by atoms with Crippen molar-refractivity contribution in [2.45, 2.75) is 18.9 Å². The van der Waals surface area contributed by atoms with Crippen LogP contribution in [0.5, 0.6) is 5.75 Å². The second-order valence-corrected chi connectivity index (χ2v) is 4.02. The van der Waals surface area contributed by atoms with Crippen LogP contribution in [0.15, 0.2) is 18.2 Å². The SMILES string of the molecule is OCCC#Cc1cc(F)ccc1OC1CCOC1. The van der Waals surface area contributed by atoms with E-state index in [1.807, 2.05) is 0 Å². The van der Waals surface area contributed by atoms with Crippen LogP contribution in [0, 0.1) is 17.7 Å². The summed E-state index contributed by atoms with van der Waals surface area (Å²) >= 11 is 0. The Morgan fingerprint density at radius 1 is 1.50 bits per heavy atom. The predicted molar refractivity (Wildman–Crippen MR) is 64.8 cm³/mol. The first-order chi connectivity index (χ1) is 8.79. The molecule has 3 nitrogen and oxygen atoms in total. The van der Waals surface area contributed by atoms with Crippen LogP contribution in [-0.4, -0.2) is 31.0 Å². The smallest absolute Gasteiger partial charge is 0.135 e. The maximum atomic E-state index is 13.2. The van der Waals surface area contributed by atoms with Gasteiger partial charge in [-0.05, 0) is 18.2 Å². The molecule has 4 heteroatoms. The zero-order chi connectivity index (χ0) is 12.8. The van der Waals surface area contributed by atoms with Gasteiger partial charge in [-0.3, -0.25) is 0 Å². The van der Waals surface area contributed by atoms with Crippen molar-refractivity contribution in [2.24, 2.45) is 0 Å². The largest absolute Gasteiger partial charge is 0.487 e. The Morgan fingerprint density at radius 2 is 2.39 bits per heavy atom. The molecule has 1 atom stereocenters. The summed E-state index contributed by atoms with van der Waals surface area (Å²) in [5, 5.41) is 8.67. The Bertz CT molecular complexity index is 456. The molecular formula is C14H15FO3. The average Bonchev–Trinajstić information content (AvgIpc) is 2.86. The van der Waals surface area contributed by atoms with Crippen LogP contribution < -0.4 is 4.74 Å². The standard InChI is InChI=1S/C14H15FO3/c15-12-4-5-14(18-13-6-8-17-10-13)11(9-12)3-1-2-7-16/h4-5,9,13,16H,2,6-8,10H2. The number of hydrogen-bond acceptors (Lipinski definition) is 3. The summed E-state index contributed by atoms with van der Waals surface area (Å²) in [5.74, 6) is 5.80. The Hall–Kier alpha value is -1.57. The lowest BCUT2D eigenvalue weighted by atomic mass is 10.2. The van der Waals surface area contributed by atoms with Crippen molar-refractivity contribution < 1.29 is 19.0 Å². The van der Waals surface area contributed by atoms with E-state index in [0.717, 1.165) is 6.42 Å². The van der Waals surface area contributed by atoms with Crippen molar-refractivity contribution in [3.8, 4) is 17.6 Å². The van der Waals surface area contributed by atoms with Crippen LogP contribution >= 0.6 is 0 Å². The summed E-state index contributed by atoms with van der Waals surface area (Å²) in [7, 11) is 0. The molecule has 96 valence electrons. The van der Waals surface area contributed by atoms with E-state index in [-0.39, 0.29) is 18.5 Å². The molecule has 1 N–H and O–H groups in total. The third-order valence-electron chi connectivity index (χ3n) is 2.58. The third-order valence-corrected chi connectivity index (χ3v) is 2.58. The molecule has 1 fully saturated rings. The zero-order valence-corrected chi connectivity index (χ0v) is 9.99. The van der Waals surface area contributed by atoms with Gasteiger partial charge >= 0.3 is 0 Å². The third kappa shape index (κ3) is 3.46. The van der Waals surface area contributed by atoms with Crippen molar-refractivity contribution in [1.29, 1.82) is 0 Å². The van der Waals surface area contributed by atoms with Gasteiger partial charge in [0.1, 0.15) is 17.7 Å². The average molecular weight is 250 g/mol. The molecule has 1 aliphatic rings. The molecule has 0 radical (unpaired) electrons. The van der Waals surface area contributed by atoms with Crippen LogP contribution in [0.2, 0.25) is 0 Å². The summed E-state index contributed by atoms with van der Waals surface area (Å²) < 4.78 is 24.1. The highest BCUT2D eigenvalue weighted by Crippen LogP contribution is 2.22. The summed E-state index contributed by atoms with van der Waals surface area (Å²) in [6.45, 7) is 1.24. The van der Waals surface area contributed by atoms with Gasteiger partial charge in [0.25, 0.3) is 0 Å². The molecule has 2 rings (SSSR count).